The first-order chi connectivity index (χ1) is 8.06. The molecule has 1 aromatic rings. The van der Waals surface area contributed by atoms with Gasteiger partial charge in [-0.1, -0.05) is 0 Å². The van der Waals surface area contributed by atoms with Crippen molar-refractivity contribution in [2.75, 3.05) is 25.5 Å². The number of likely N-dealkylation sites (tertiary alicyclic amines) is 1. The quantitative estimate of drug-likeness (QED) is 0.804. The van der Waals surface area contributed by atoms with E-state index in [1.807, 2.05) is 7.05 Å². The molecule has 0 aromatic heterocycles. The van der Waals surface area contributed by atoms with Crippen LogP contribution in [0.3, 0.4) is 0 Å². The topological polar surface area (TPSA) is 15.3 Å². The molecule has 0 spiro atoms. The van der Waals surface area contributed by atoms with E-state index in [1.54, 1.807) is 0 Å². The van der Waals surface area contributed by atoms with Crippen LogP contribution in [0.25, 0.3) is 0 Å². The van der Waals surface area contributed by atoms with E-state index >= 15 is 0 Å². The number of nitrogens with one attached hydrogen (secondary N) is 1. The first kappa shape index (κ1) is 12.2. The van der Waals surface area contributed by atoms with Crippen LogP contribution in [0.1, 0.15) is 12.8 Å². The minimum atomic E-state index is -1.42. The van der Waals surface area contributed by atoms with Crippen molar-refractivity contribution < 1.29 is 13.2 Å². The Hall–Kier alpha value is -1.23. The molecule has 17 heavy (non-hydrogen) atoms. The molecule has 1 aromatic carbocycles. The van der Waals surface area contributed by atoms with Gasteiger partial charge in [-0.25, -0.2) is 13.2 Å². The summed E-state index contributed by atoms with van der Waals surface area (Å²) in [6, 6.07) is 2.18. The predicted octanol–water partition coefficient (Wildman–Crippen LogP) is 2.61. The molecule has 1 heterocycles. The van der Waals surface area contributed by atoms with Gasteiger partial charge < -0.3 is 10.2 Å². The number of piperidine rings is 1. The number of anilines is 1. The second-order valence-corrected chi connectivity index (χ2v) is 4.48. The van der Waals surface area contributed by atoms with Gasteiger partial charge in [0, 0.05) is 23.9 Å². The summed E-state index contributed by atoms with van der Waals surface area (Å²) in [5, 5.41) is 3.04. The maximum Gasteiger partial charge on any atom is 0.194 e. The van der Waals surface area contributed by atoms with Crippen molar-refractivity contribution in [2.45, 2.75) is 18.9 Å². The molecule has 1 fully saturated rings. The van der Waals surface area contributed by atoms with E-state index in [1.165, 1.54) is 0 Å². The van der Waals surface area contributed by atoms with Gasteiger partial charge in [-0.05, 0) is 33.0 Å². The molecule has 5 heteroatoms. The lowest BCUT2D eigenvalue weighted by Crippen LogP contribution is -2.36. The third kappa shape index (κ3) is 2.91. The molecular formula is C12H15F3N2. The molecular weight excluding hydrogens is 229 g/mol. The summed E-state index contributed by atoms with van der Waals surface area (Å²) in [6.07, 6.45) is 1.83. The number of rotatable bonds is 2. The van der Waals surface area contributed by atoms with Gasteiger partial charge in [0.05, 0.1) is 0 Å². The Morgan fingerprint density at radius 3 is 2.18 bits per heavy atom. The third-order valence-electron chi connectivity index (χ3n) is 3.07. The lowest BCUT2D eigenvalue weighted by molar-refractivity contribution is 0.264. The van der Waals surface area contributed by atoms with Crippen LogP contribution in [0.4, 0.5) is 18.9 Å². The van der Waals surface area contributed by atoms with Crippen LogP contribution in [-0.4, -0.2) is 31.1 Å². The fourth-order valence-electron chi connectivity index (χ4n) is 2.03. The highest BCUT2D eigenvalue weighted by atomic mass is 19.2. The van der Waals surface area contributed by atoms with Crippen molar-refractivity contribution in [1.29, 1.82) is 0 Å². The van der Waals surface area contributed by atoms with Gasteiger partial charge in [0.25, 0.3) is 0 Å². The van der Waals surface area contributed by atoms with Gasteiger partial charge >= 0.3 is 0 Å². The Morgan fingerprint density at radius 1 is 1.12 bits per heavy atom. The molecule has 0 bridgehead atoms. The molecule has 1 aliphatic heterocycles. The Balaban J connectivity index is 2.04. The largest absolute Gasteiger partial charge is 0.382 e. The fraction of sp³-hybridized carbons (Fsp3) is 0.500. The van der Waals surface area contributed by atoms with Crippen molar-refractivity contribution in [1.82, 2.24) is 4.90 Å². The minimum Gasteiger partial charge on any atom is -0.382 e. The Bertz CT molecular complexity index is 378. The van der Waals surface area contributed by atoms with Gasteiger partial charge in [0.15, 0.2) is 17.5 Å². The number of benzene rings is 1. The molecule has 1 saturated heterocycles. The Labute approximate surface area is 98.4 Å². The van der Waals surface area contributed by atoms with E-state index in [9.17, 15) is 13.2 Å². The van der Waals surface area contributed by atoms with E-state index in [0.717, 1.165) is 38.1 Å². The molecule has 94 valence electrons. The molecule has 2 nitrogen and oxygen atoms in total. The molecule has 1 aliphatic rings. The van der Waals surface area contributed by atoms with Crippen LogP contribution < -0.4 is 5.32 Å². The SMILES string of the molecule is CN1CCC(Nc2cc(F)c(F)c(F)c2)CC1. The van der Waals surface area contributed by atoms with Gasteiger partial charge in [-0.15, -0.1) is 0 Å². The average molecular weight is 244 g/mol. The first-order valence-electron chi connectivity index (χ1n) is 5.66. The highest BCUT2D eigenvalue weighted by Crippen LogP contribution is 2.20. The van der Waals surface area contributed by atoms with Crippen molar-refractivity contribution in [2.24, 2.45) is 0 Å². The Morgan fingerprint density at radius 2 is 1.65 bits per heavy atom. The van der Waals surface area contributed by atoms with Crippen LogP contribution in [-0.2, 0) is 0 Å². The van der Waals surface area contributed by atoms with Crippen LogP contribution >= 0.6 is 0 Å². The lowest BCUT2D eigenvalue weighted by atomic mass is 10.1. The molecule has 0 amide bonds. The zero-order chi connectivity index (χ0) is 12.4. The molecule has 0 saturated carbocycles. The van der Waals surface area contributed by atoms with Crippen molar-refractivity contribution in [3.05, 3.63) is 29.6 Å². The van der Waals surface area contributed by atoms with Crippen LogP contribution in [0, 0.1) is 17.5 Å². The molecule has 0 unspecified atom stereocenters. The van der Waals surface area contributed by atoms with Crippen LogP contribution in [0.2, 0.25) is 0 Å². The number of hydrogen-bond donors (Lipinski definition) is 1. The normalized spacial score (nSPS) is 18.4. The predicted molar refractivity (Wildman–Crippen MR) is 60.5 cm³/mol. The summed E-state index contributed by atoms with van der Waals surface area (Å²) in [7, 11) is 2.04. The number of hydrogen-bond acceptors (Lipinski definition) is 2. The van der Waals surface area contributed by atoms with E-state index in [0.29, 0.717) is 5.69 Å². The first-order valence-corrected chi connectivity index (χ1v) is 5.66. The van der Waals surface area contributed by atoms with E-state index in [4.69, 9.17) is 0 Å². The molecule has 1 N–H and O–H groups in total. The zero-order valence-electron chi connectivity index (χ0n) is 9.64. The molecule has 0 aliphatic carbocycles. The molecule has 2 rings (SSSR count). The summed E-state index contributed by atoms with van der Waals surface area (Å²) in [6.45, 7) is 1.90. The highest BCUT2D eigenvalue weighted by molar-refractivity contribution is 5.45. The summed E-state index contributed by atoms with van der Waals surface area (Å²) in [4.78, 5) is 2.20. The monoisotopic (exact) mass is 244 g/mol. The second kappa shape index (κ2) is 4.96. The van der Waals surface area contributed by atoms with E-state index < -0.39 is 17.5 Å². The summed E-state index contributed by atoms with van der Waals surface area (Å²) in [5.41, 5.74) is 0.302. The maximum atomic E-state index is 13.0. The second-order valence-electron chi connectivity index (χ2n) is 4.48. The zero-order valence-corrected chi connectivity index (χ0v) is 9.64. The summed E-state index contributed by atoms with van der Waals surface area (Å²) < 4.78 is 38.7. The number of halogens is 3. The fourth-order valence-corrected chi connectivity index (χ4v) is 2.03. The van der Waals surface area contributed by atoms with Crippen molar-refractivity contribution in [3.8, 4) is 0 Å². The van der Waals surface area contributed by atoms with Crippen LogP contribution in [0.5, 0.6) is 0 Å². The summed E-state index contributed by atoms with van der Waals surface area (Å²) >= 11 is 0. The van der Waals surface area contributed by atoms with Gasteiger partial charge in [0.2, 0.25) is 0 Å². The molecule has 0 radical (unpaired) electrons. The van der Waals surface area contributed by atoms with Gasteiger partial charge in [-0.3, -0.25) is 0 Å². The summed E-state index contributed by atoms with van der Waals surface area (Å²) in [5.74, 6) is -3.72. The standard InChI is InChI=1S/C12H15F3N2/c1-17-4-2-8(3-5-17)16-9-6-10(13)12(15)11(14)7-9/h6-8,16H,2-5H2,1H3. The van der Waals surface area contributed by atoms with E-state index in [2.05, 4.69) is 10.2 Å². The maximum absolute atomic E-state index is 13.0. The lowest BCUT2D eigenvalue weighted by Gasteiger charge is -2.30. The Kier molecular flexibility index (Phi) is 3.57. The van der Waals surface area contributed by atoms with Crippen molar-refractivity contribution >= 4 is 5.69 Å². The van der Waals surface area contributed by atoms with Gasteiger partial charge in [0.1, 0.15) is 0 Å². The van der Waals surface area contributed by atoms with Crippen molar-refractivity contribution in [3.63, 3.8) is 0 Å². The van der Waals surface area contributed by atoms with Gasteiger partial charge in [-0.2, -0.15) is 0 Å². The van der Waals surface area contributed by atoms with E-state index in [-0.39, 0.29) is 6.04 Å². The third-order valence-corrected chi connectivity index (χ3v) is 3.07. The number of nitrogens with zero attached hydrogens (tertiary/aromatic N) is 1. The van der Waals surface area contributed by atoms with Crippen LogP contribution in [0.15, 0.2) is 12.1 Å². The minimum absolute atomic E-state index is 0.190. The smallest absolute Gasteiger partial charge is 0.194 e. The average Bonchev–Trinajstić information content (AvgIpc) is 2.29. The molecule has 0 atom stereocenters. The highest BCUT2D eigenvalue weighted by Gasteiger charge is 2.18.